The van der Waals surface area contributed by atoms with E-state index in [4.69, 9.17) is 21.4 Å². The molecule has 2 heterocycles. The second-order valence-electron chi connectivity index (χ2n) is 6.90. The van der Waals surface area contributed by atoms with Crippen LogP contribution < -0.4 is 5.32 Å². The van der Waals surface area contributed by atoms with Gasteiger partial charge in [-0.05, 0) is 62.2 Å². The molecule has 132 valence electrons. The van der Waals surface area contributed by atoms with E-state index in [1.807, 2.05) is 12.1 Å². The van der Waals surface area contributed by atoms with Crippen molar-refractivity contribution < 1.29 is 13.9 Å². The zero-order chi connectivity index (χ0) is 17.3. The van der Waals surface area contributed by atoms with Gasteiger partial charge in [0.1, 0.15) is 0 Å². The summed E-state index contributed by atoms with van der Waals surface area (Å²) >= 11 is 4.88. The van der Waals surface area contributed by atoms with Crippen LogP contribution in [0.1, 0.15) is 48.9 Å². The number of carbonyl (C=O) groups excluding carboxylic acids is 1. The van der Waals surface area contributed by atoms with Crippen LogP contribution in [0.2, 0.25) is 0 Å². The quantitative estimate of drug-likeness (QED) is 0.818. The molecule has 2 aromatic rings. The summed E-state index contributed by atoms with van der Waals surface area (Å²) in [7, 11) is 0. The van der Waals surface area contributed by atoms with Gasteiger partial charge in [-0.3, -0.25) is 4.79 Å². The van der Waals surface area contributed by atoms with Crippen LogP contribution in [0.5, 0.6) is 0 Å². The molecular weight excluding hydrogens is 338 g/mol. The monoisotopic (exact) mass is 359 g/mol. The fourth-order valence-electron chi connectivity index (χ4n) is 3.90. The van der Waals surface area contributed by atoms with Gasteiger partial charge in [-0.25, -0.2) is 5.10 Å². The Hall–Kier alpha value is -1.99. The number of hydrogen-bond acceptors (Lipinski definition) is 5. The Morgan fingerprint density at radius 1 is 1.28 bits per heavy atom. The highest BCUT2D eigenvalue weighted by Crippen LogP contribution is 2.40. The number of rotatable bonds is 3. The van der Waals surface area contributed by atoms with Crippen LogP contribution in [0, 0.1) is 4.84 Å². The van der Waals surface area contributed by atoms with Crippen LogP contribution in [-0.2, 0) is 4.74 Å². The molecule has 0 bridgehead atoms. The number of nitrogens with one attached hydrogen (secondary N) is 2. The van der Waals surface area contributed by atoms with E-state index in [-0.39, 0.29) is 22.4 Å². The normalized spacial score (nSPS) is 22.2. The summed E-state index contributed by atoms with van der Waals surface area (Å²) in [4.78, 5) is 12.8. The minimum absolute atomic E-state index is 0.00340. The number of hydrogen-bond donors (Lipinski definition) is 2. The van der Waals surface area contributed by atoms with E-state index in [2.05, 4.69) is 15.5 Å². The van der Waals surface area contributed by atoms with Gasteiger partial charge < -0.3 is 14.5 Å². The molecule has 7 heteroatoms. The molecule has 2 aliphatic rings. The molecule has 1 saturated heterocycles. The highest BCUT2D eigenvalue weighted by Gasteiger charge is 2.40. The van der Waals surface area contributed by atoms with Gasteiger partial charge in [0.2, 0.25) is 5.89 Å². The van der Waals surface area contributed by atoms with E-state index in [1.54, 1.807) is 12.1 Å². The maximum absolute atomic E-state index is 12.6. The van der Waals surface area contributed by atoms with Crippen molar-refractivity contribution >= 4 is 18.1 Å². The number of carbonyl (C=O) groups is 1. The lowest BCUT2D eigenvalue weighted by Crippen LogP contribution is -2.47. The van der Waals surface area contributed by atoms with E-state index in [0.29, 0.717) is 11.5 Å². The summed E-state index contributed by atoms with van der Waals surface area (Å²) in [5.41, 5.74) is 1.41. The van der Waals surface area contributed by atoms with Crippen LogP contribution in [-0.4, -0.2) is 34.4 Å². The molecule has 1 aliphatic carbocycles. The Kier molecular flexibility index (Phi) is 4.43. The largest absolute Gasteiger partial charge is 0.409 e. The zero-order valence-electron chi connectivity index (χ0n) is 13.9. The fourth-order valence-corrected chi connectivity index (χ4v) is 4.03. The van der Waals surface area contributed by atoms with Crippen molar-refractivity contribution in [2.45, 2.75) is 50.2 Å². The van der Waals surface area contributed by atoms with Crippen LogP contribution >= 0.6 is 12.2 Å². The number of aromatic nitrogens is 2. The van der Waals surface area contributed by atoms with Crippen molar-refractivity contribution in [2.24, 2.45) is 0 Å². The van der Waals surface area contributed by atoms with Crippen molar-refractivity contribution in [3.8, 4) is 11.5 Å². The van der Waals surface area contributed by atoms with E-state index in [1.165, 1.54) is 12.8 Å². The Labute approximate surface area is 151 Å². The van der Waals surface area contributed by atoms with Gasteiger partial charge in [-0.2, -0.15) is 0 Å². The standard InChI is InChI=1S/C18H21N3O3S/c22-15(19-14-7-10-23-18(11-14)8-1-2-9-18)12-3-5-13(6-4-12)16-20-21-17(25)24-16/h3-6,14H,1-2,7-11H2,(H,19,22)(H,21,25)/t14-/m0/s1. The highest BCUT2D eigenvalue weighted by molar-refractivity contribution is 7.71. The SMILES string of the molecule is O=C(N[C@H]1CCOC2(CCCC2)C1)c1ccc(-c2n[nH]c(=S)o2)cc1. The molecule has 1 aromatic heterocycles. The van der Waals surface area contributed by atoms with Crippen molar-refractivity contribution in [3.63, 3.8) is 0 Å². The zero-order valence-corrected chi connectivity index (χ0v) is 14.7. The topological polar surface area (TPSA) is 80.1 Å². The third-order valence-electron chi connectivity index (χ3n) is 5.18. The third-order valence-corrected chi connectivity index (χ3v) is 5.35. The number of ether oxygens (including phenoxy) is 1. The lowest BCUT2D eigenvalue weighted by atomic mass is 9.89. The number of nitrogens with zero attached hydrogens (tertiary/aromatic N) is 1. The molecule has 1 aliphatic heterocycles. The van der Waals surface area contributed by atoms with Gasteiger partial charge in [-0.1, -0.05) is 12.8 Å². The van der Waals surface area contributed by atoms with Gasteiger partial charge in [0.15, 0.2) is 0 Å². The molecule has 2 fully saturated rings. The van der Waals surface area contributed by atoms with Crippen LogP contribution in [0.4, 0.5) is 0 Å². The first-order valence-electron chi connectivity index (χ1n) is 8.74. The number of benzene rings is 1. The number of aromatic amines is 1. The molecular formula is C18H21N3O3S. The molecule has 25 heavy (non-hydrogen) atoms. The summed E-state index contributed by atoms with van der Waals surface area (Å²) in [5, 5.41) is 9.74. The van der Waals surface area contributed by atoms with Crippen LogP contribution in [0.15, 0.2) is 28.7 Å². The highest BCUT2D eigenvalue weighted by atomic mass is 32.1. The van der Waals surface area contributed by atoms with E-state index in [9.17, 15) is 4.79 Å². The Bertz CT molecular complexity index is 805. The van der Waals surface area contributed by atoms with E-state index < -0.39 is 0 Å². The first-order valence-corrected chi connectivity index (χ1v) is 9.15. The van der Waals surface area contributed by atoms with Crippen LogP contribution in [0.3, 0.4) is 0 Å². The molecule has 1 saturated carbocycles. The fraction of sp³-hybridized carbons (Fsp3) is 0.500. The first-order chi connectivity index (χ1) is 12.1. The van der Waals surface area contributed by atoms with Gasteiger partial charge in [0.05, 0.1) is 5.60 Å². The Balaban J connectivity index is 1.41. The van der Waals surface area contributed by atoms with Crippen molar-refractivity contribution in [3.05, 3.63) is 34.7 Å². The first kappa shape index (κ1) is 16.5. The van der Waals surface area contributed by atoms with Crippen LogP contribution in [0.25, 0.3) is 11.5 Å². The maximum atomic E-state index is 12.6. The molecule has 1 atom stereocenters. The molecule has 1 spiro atoms. The molecule has 0 radical (unpaired) electrons. The smallest absolute Gasteiger partial charge is 0.284 e. The van der Waals surface area contributed by atoms with Gasteiger partial charge in [-0.15, -0.1) is 5.10 Å². The van der Waals surface area contributed by atoms with E-state index in [0.717, 1.165) is 37.9 Å². The van der Waals surface area contributed by atoms with Gasteiger partial charge >= 0.3 is 0 Å². The minimum Gasteiger partial charge on any atom is -0.409 e. The van der Waals surface area contributed by atoms with Crippen molar-refractivity contribution in [1.82, 2.24) is 15.5 Å². The lowest BCUT2D eigenvalue weighted by Gasteiger charge is -2.38. The van der Waals surface area contributed by atoms with Gasteiger partial charge in [0, 0.05) is 23.8 Å². The lowest BCUT2D eigenvalue weighted by molar-refractivity contribution is -0.0823. The molecule has 6 nitrogen and oxygen atoms in total. The number of amides is 1. The molecule has 0 unspecified atom stereocenters. The Morgan fingerprint density at radius 3 is 2.72 bits per heavy atom. The Morgan fingerprint density at radius 2 is 2.04 bits per heavy atom. The average molecular weight is 359 g/mol. The minimum atomic E-state index is -0.0467. The van der Waals surface area contributed by atoms with Gasteiger partial charge in [0.25, 0.3) is 10.7 Å². The summed E-state index contributed by atoms with van der Waals surface area (Å²) < 4.78 is 11.3. The summed E-state index contributed by atoms with van der Waals surface area (Å²) in [6, 6.07) is 7.37. The molecule has 1 amide bonds. The average Bonchev–Trinajstić information content (AvgIpc) is 3.24. The number of H-pyrrole nitrogens is 1. The van der Waals surface area contributed by atoms with Crippen molar-refractivity contribution in [2.75, 3.05) is 6.61 Å². The molecule has 2 N–H and O–H groups in total. The molecule has 1 aromatic carbocycles. The maximum Gasteiger partial charge on any atom is 0.284 e. The predicted molar refractivity (Wildman–Crippen MR) is 94.8 cm³/mol. The predicted octanol–water partition coefficient (Wildman–Crippen LogP) is 3.62. The second kappa shape index (κ2) is 6.72. The molecule has 4 rings (SSSR count). The summed E-state index contributed by atoms with van der Waals surface area (Å²) in [6.45, 7) is 0.730. The van der Waals surface area contributed by atoms with Crippen molar-refractivity contribution in [1.29, 1.82) is 0 Å². The second-order valence-corrected chi connectivity index (χ2v) is 7.27. The summed E-state index contributed by atoms with van der Waals surface area (Å²) in [5.74, 6) is 0.374. The third kappa shape index (κ3) is 3.52. The summed E-state index contributed by atoms with van der Waals surface area (Å²) in [6.07, 6.45) is 6.49. The van der Waals surface area contributed by atoms with E-state index >= 15 is 0 Å².